The van der Waals surface area contributed by atoms with Gasteiger partial charge in [0.2, 0.25) is 0 Å². The Morgan fingerprint density at radius 2 is 1.77 bits per heavy atom. The van der Waals surface area contributed by atoms with E-state index < -0.39 is 0 Å². The minimum Gasteiger partial charge on any atom is -0.331 e. The van der Waals surface area contributed by atoms with Gasteiger partial charge in [0.25, 0.3) is 0 Å². The number of likely N-dealkylation sites (tertiary alicyclic amines) is 1. The third kappa shape index (κ3) is 4.94. The predicted octanol–water partition coefficient (Wildman–Crippen LogP) is 1.97. The molecule has 0 aromatic carbocycles. The standard InChI is InChI=1S/C15H32N4OS2/c1-17(2)13-15(7-11-19(12-8-15)22(3)21)16-14(20)18-9-5-4-6-10-18/h21-22H,4-13H2,1-3H3,(H,16,20). The first kappa shape index (κ1) is 18.2. The second-order valence-corrected chi connectivity index (χ2v) is 10.2. The number of likely N-dealkylation sites (N-methyl/N-ethyl adjacent to an activating group) is 1. The van der Waals surface area contributed by atoms with Crippen molar-refractivity contribution in [3.8, 4) is 0 Å². The van der Waals surface area contributed by atoms with E-state index in [1.807, 2.05) is 4.90 Å². The molecule has 2 saturated heterocycles. The van der Waals surface area contributed by atoms with E-state index in [0.29, 0.717) is 0 Å². The Morgan fingerprint density at radius 1 is 1.18 bits per heavy atom. The van der Waals surface area contributed by atoms with Gasteiger partial charge in [-0.1, -0.05) is 0 Å². The maximum Gasteiger partial charge on any atom is 0.317 e. The molecule has 0 aliphatic carbocycles. The Hall–Kier alpha value is -0.110. The van der Waals surface area contributed by atoms with Crippen molar-refractivity contribution in [1.82, 2.24) is 19.4 Å². The topological polar surface area (TPSA) is 38.8 Å². The summed E-state index contributed by atoms with van der Waals surface area (Å²) in [6.45, 7) is 4.79. The van der Waals surface area contributed by atoms with Crippen LogP contribution < -0.4 is 5.32 Å². The number of thiol groups is 2. The van der Waals surface area contributed by atoms with E-state index in [1.54, 1.807) is 0 Å². The Bertz CT molecular complexity index is 365. The van der Waals surface area contributed by atoms with E-state index in [2.05, 4.69) is 46.5 Å². The van der Waals surface area contributed by atoms with Gasteiger partial charge in [0.1, 0.15) is 0 Å². The van der Waals surface area contributed by atoms with E-state index in [0.717, 1.165) is 58.4 Å². The lowest BCUT2D eigenvalue weighted by atomic mass is 9.87. The maximum absolute atomic E-state index is 12.6. The summed E-state index contributed by atoms with van der Waals surface area (Å²) in [4.78, 5) is 16.8. The number of nitrogens with zero attached hydrogens (tertiary/aromatic N) is 3. The molecule has 2 amide bonds. The monoisotopic (exact) mass is 348 g/mol. The van der Waals surface area contributed by atoms with Crippen molar-refractivity contribution < 1.29 is 4.79 Å². The van der Waals surface area contributed by atoms with E-state index in [-0.39, 0.29) is 21.7 Å². The normalized spacial score (nSPS) is 25.1. The molecule has 130 valence electrons. The zero-order chi connectivity index (χ0) is 16.2. The highest BCUT2D eigenvalue weighted by molar-refractivity contribution is 8.76. The lowest BCUT2D eigenvalue weighted by Gasteiger charge is -2.46. The molecule has 0 spiro atoms. The summed E-state index contributed by atoms with van der Waals surface area (Å²) >= 11 is 4.61. The zero-order valence-corrected chi connectivity index (χ0v) is 16.0. The number of hydrogen-bond donors (Lipinski definition) is 3. The molecule has 0 saturated carbocycles. The average molecular weight is 349 g/mol. The molecule has 22 heavy (non-hydrogen) atoms. The summed E-state index contributed by atoms with van der Waals surface area (Å²) in [5.41, 5.74) is -0.0896. The Morgan fingerprint density at radius 3 is 2.27 bits per heavy atom. The second kappa shape index (κ2) is 8.13. The first-order valence-electron chi connectivity index (χ1n) is 8.31. The van der Waals surface area contributed by atoms with Crippen LogP contribution in [0.2, 0.25) is 0 Å². The summed E-state index contributed by atoms with van der Waals surface area (Å²) in [5, 5.41) is 3.39. The number of nitrogens with one attached hydrogen (secondary N) is 1. The molecule has 2 aliphatic heterocycles. The van der Waals surface area contributed by atoms with Crippen molar-refractivity contribution in [2.24, 2.45) is 0 Å². The van der Waals surface area contributed by atoms with Gasteiger partial charge in [0.05, 0.1) is 5.54 Å². The number of carbonyl (C=O) groups excluding carboxylic acids is 1. The molecule has 7 heteroatoms. The van der Waals surface area contributed by atoms with Gasteiger partial charge in [-0.05, 0) is 52.5 Å². The van der Waals surface area contributed by atoms with Crippen LogP contribution in [0.25, 0.3) is 0 Å². The molecule has 2 aliphatic rings. The van der Waals surface area contributed by atoms with Gasteiger partial charge >= 0.3 is 6.03 Å². The fraction of sp³-hybridized carbons (Fsp3) is 0.933. The molecule has 0 bridgehead atoms. The molecule has 5 nitrogen and oxygen atoms in total. The fourth-order valence-electron chi connectivity index (χ4n) is 3.54. The summed E-state index contributed by atoms with van der Waals surface area (Å²) in [7, 11) is 3.86. The Kier molecular flexibility index (Phi) is 6.73. The Labute approximate surface area is 143 Å². The fourth-order valence-corrected chi connectivity index (χ4v) is 4.86. The van der Waals surface area contributed by atoms with Crippen LogP contribution in [-0.2, 0) is 0 Å². The van der Waals surface area contributed by atoms with E-state index >= 15 is 0 Å². The summed E-state index contributed by atoms with van der Waals surface area (Å²) < 4.78 is 2.44. The Balaban J connectivity index is 1.98. The first-order valence-corrected chi connectivity index (χ1v) is 11.2. The van der Waals surface area contributed by atoms with Crippen LogP contribution in [-0.4, -0.2) is 78.7 Å². The quantitative estimate of drug-likeness (QED) is 0.537. The van der Waals surface area contributed by atoms with Crippen LogP contribution in [0.3, 0.4) is 0 Å². The van der Waals surface area contributed by atoms with Crippen molar-refractivity contribution in [2.75, 3.05) is 53.1 Å². The SMILES string of the molecule is CN(C)CC1(NC(=O)N2CCCCC2)CCN([SH](C)S)CC1. The molecule has 0 aromatic rings. The number of amides is 2. The van der Waals surface area contributed by atoms with Gasteiger partial charge in [-0.2, -0.15) is 10.1 Å². The third-order valence-corrected chi connectivity index (χ3v) is 6.72. The number of carbonyl (C=O) groups is 1. The minimum absolute atomic E-state index is 0.0896. The zero-order valence-electron chi connectivity index (χ0n) is 14.2. The molecule has 0 radical (unpaired) electrons. The number of urea groups is 1. The molecular weight excluding hydrogens is 316 g/mol. The highest BCUT2D eigenvalue weighted by Crippen LogP contribution is 2.36. The molecule has 1 unspecified atom stereocenters. The largest absolute Gasteiger partial charge is 0.331 e. The van der Waals surface area contributed by atoms with Crippen LogP contribution in [0.5, 0.6) is 0 Å². The van der Waals surface area contributed by atoms with Gasteiger partial charge in [-0.15, -0.1) is 11.7 Å². The smallest absolute Gasteiger partial charge is 0.317 e. The van der Waals surface area contributed by atoms with Gasteiger partial charge in [-0.3, -0.25) is 4.31 Å². The molecule has 1 N–H and O–H groups in total. The summed E-state index contributed by atoms with van der Waals surface area (Å²) in [6, 6.07) is 0.139. The maximum atomic E-state index is 12.6. The van der Waals surface area contributed by atoms with Crippen LogP contribution in [0.1, 0.15) is 32.1 Å². The number of piperidine rings is 2. The van der Waals surface area contributed by atoms with Crippen LogP contribution in [0.4, 0.5) is 4.79 Å². The molecule has 2 rings (SSSR count). The van der Waals surface area contributed by atoms with Crippen LogP contribution in [0, 0.1) is 0 Å². The summed E-state index contributed by atoms with van der Waals surface area (Å²) in [5.74, 6) is 0. The molecule has 1 atom stereocenters. The summed E-state index contributed by atoms with van der Waals surface area (Å²) in [6.07, 6.45) is 7.74. The number of hydrogen-bond acceptors (Lipinski definition) is 4. The lowest BCUT2D eigenvalue weighted by molar-refractivity contribution is 0.133. The van der Waals surface area contributed by atoms with Crippen molar-refractivity contribution in [3.63, 3.8) is 0 Å². The van der Waals surface area contributed by atoms with Crippen molar-refractivity contribution in [1.29, 1.82) is 0 Å². The first-order chi connectivity index (χ1) is 10.4. The predicted molar refractivity (Wildman–Crippen MR) is 99.9 cm³/mol. The molecular formula is C15H32N4OS2. The van der Waals surface area contributed by atoms with E-state index in [1.165, 1.54) is 6.42 Å². The highest BCUT2D eigenvalue weighted by Gasteiger charge is 2.38. The lowest BCUT2D eigenvalue weighted by Crippen LogP contribution is -2.61. The van der Waals surface area contributed by atoms with Crippen molar-refractivity contribution in [3.05, 3.63) is 0 Å². The minimum atomic E-state index is -0.322. The second-order valence-electron chi connectivity index (χ2n) is 6.94. The van der Waals surface area contributed by atoms with Gasteiger partial charge in [0.15, 0.2) is 0 Å². The third-order valence-electron chi connectivity index (χ3n) is 4.74. The van der Waals surface area contributed by atoms with E-state index in [4.69, 9.17) is 0 Å². The van der Waals surface area contributed by atoms with Crippen LogP contribution in [0.15, 0.2) is 0 Å². The van der Waals surface area contributed by atoms with Gasteiger partial charge in [-0.25, -0.2) is 4.79 Å². The highest BCUT2D eigenvalue weighted by atomic mass is 33.1. The number of rotatable bonds is 4. The van der Waals surface area contributed by atoms with Crippen LogP contribution >= 0.6 is 21.8 Å². The van der Waals surface area contributed by atoms with Crippen molar-refractivity contribution >= 4 is 27.8 Å². The van der Waals surface area contributed by atoms with Gasteiger partial charge in [0, 0.05) is 32.7 Å². The molecule has 2 fully saturated rings. The molecule has 2 heterocycles. The molecule has 0 aromatic heterocycles. The van der Waals surface area contributed by atoms with E-state index in [9.17, 15) is 4.79 Å². The van der Waals surface area contributed by atoms with Crippen molar-refractivity contribution in [2.45, 2.75) is 37.6 Å². The van der Waals surface area contributed by atoms with Gasteiger partial charge < -0.3 is 15.1 Å². The average Bonchev–Trinajstić information content (AvgIpc) is 2.47.